The third kappa shape index (κ3) is 2.96. The van der Waals surface area contributed by atoms with Gasteiger partial charge in [0.15, 0.2) is 29.0 Å². The third-order valence-corrected chi connectivity index (χ3v) is 2.82. The van der Waals surface area contributed by atoms with Crippen LogP contribution in [0.15, 0.2) is 24.3 Å². The average molecular weight is 298 g/mol. The van der Waals surface area contributed by atoms with Crippen LogP contribution in [0.2, 0.25) is 0 Å². The lowest BCUT2D eigenvalue weighted by Crippen LogP contribution is -2.01. The number of anilines is 3. The van der Waals surface area contributed by atoms with E-state index in [2.05, 4.69) is 5.32 Å². The Labute approximate surface area is 119 Å². The number of hydrogen-bond acceptors (Lipinski definition) is 4. The van der Waals surface area contributed by atoms with E-state index >= 15 is 0 Å². The molecule has 0 radical (unpaired) electrons. The molecule has 0 saturated carbocycles. The first-order valence-electron chi connectivity index (χ1n) is 5.89. The normalized spacial score (nSPS) is 10.3. The fraction of sp³-hybridized carbons (Fsp3) is 0.143. The highest BCUT2D eigenvalue weighted by Gasteiger charge is 2.13. The number of nitrogens with one attached hydrogen (secondary N) is 1. The second kappa shape index (κ2) is 5.82. The van der Waals surface area contributed by atoms with E-state index in [1.807, 2.05) is 0 Å². The molecule has 0 aliphatic heterocycles. The van der Waals surface area contributed by atoms with Gasteiger partial charge in [0.05, 0.1) is 25.6 Å². The molecule has 2 rings (SSSR count). The molecule has 2 aromatic rings. The fourth-order valence-electron chi connectivity index (χ4n) is 1.79. The summed E-state index contributed by atoms with van der Waals surface area (Å²) in [5.41, 5.74) is 6.45. The summed E-state index contributed by atoms with van der Waals surface area (Å²) in [5.74, 6) is -3.32. The molecule has 7 heteroatoms. The SMILES string of the molecule is COc1cc(N)c(Nc2cc(F)c(F)c(F)c2)cc1OC. The van der Waals surface area contributed by atoms with Gasteiger partial charge in [-0.2, -0.15) is 0 Å². The second-order valence-electron chi connectivity index (χ2n) is 4.17. The van der Waals surface area contributed by atoms with Crippen LogP contribution in [-0.4, -0.2) is 14.2 Å². The fourth-order valence-corrected chi connectivity index (χ4v) is 1.79. The number of ether oxygens (including phenoxy) is 2. The Morgan fingerprint density at radius 1 is 0.905 bits per heavy atom. The molecule has 21 heavy (non-hydrogen) atoms. The molecular formula is C14H13F3N2O2. The largest absolute Gasteiger partial charge is 0.493 e. The van der Waals surface area contributed by atoms with Gasteiger partial charge in [-0.25, -0.2) is 13.2 Å². The molecule has 0 spiro atoms. The van der Waals surface area contributed by atoms with Crippen LogP contribution in [0.4, 0.5) is 30.2 Å². The van der Waals surface area contributed by atoms with Gasteiger partial charge in [0, 0.05) is 30.0 Å². The quantitative estimate of drug-likeness (QED) is 0.670. The van der Waals surface area contributed by atoms with Crippen molar-refractivity contribution in [3.63, 3.8) is 0 Å². The van der Waals surface area contributed by atoms with Gasteiger partial charge < -0.3 is 20.5 Å². The summed E-state index contributed by atoms with van der Waals surface area (Å²) < 4.78 is 49.4. The molecule has 0 bridgehead atoms. The van der Waals surface area contributed by atoms with Crippen LogP contribution in [0.5, 0.6) is 11.5 Å². The van der Waals surface area contributed by atoms with E-state index in [0.717, 1.165) is 12.1 Å². The molecule has 0 aromatic heterocycles. The van der Waals surface area contributed by atoms with Crippen molar-refractivity contribution in [2.75, 3.05) is 25.3 Å². The highest BCUT2D eigenvalue weighted by Crippen LogP contribution is 2.36. The van der Waals surface area contributed by atoms with Gasteiger partial charge in [0.1, 0.15) is 0 Å². The number of nitrogen functional groups attached to an aromatic ring is 1. The number of rotatable bonds is 4. The minimum absolute atomic E-state index is 0.0188. The van der Waals surface area contributed by atoms with Crippen molar-refractivity contribution in [3.8, 4) is 11.5 Å². The van der Waals surface area contributed by atoms with Gasteiger partial charge in [-0.3, -0.25) is 0 Å². The summed E-state index contributed by atoms with van der Waals surface area (Å²) in [4.78, 5) is 0. The molecule has 0 amide bonds. The second-order valence-corrected chi connectivity index (χ2v) is 4.17. The molecule has 0 saturated heterocycles. The molecule has 0 unspecified atom stereocenters. The van der Waals surface area contributed by atoms with Crippen molar-refractivity contribution < 1.29 is 22.6 Å². The summed E-state index contributed by atoms with van der Waals surface area (Å²) in [5, 5.41) is 2.70. The maximum atomic E-state index is 13.2. The highest BCUT2D eigenvalue weighted by atomic mass is 19.2. The Morgan fingerprint density at radius 2 is 1.43 bits per heavy atom. The number of nitrogens with two attached hydrogens (primary N) is 1. The summed E-state index contributed by atoms with van der Waals surface area (Å²) in [6.07, 6.45) is 0. The first kappa shape index (κ1) is 14.8. The molecular weight excluding hydrogens is 285 g/mol. The first-order valence-corrected chi connectivity index (χ1v) is 5.89. The summed E-state index contributed by atoms with van der Waals surface area (Å²) >= 11 is 0. The standard InChI is InChI=1S/C14H13F3N2O2/c1-20-12-5-10(18)11(6-13(12)21-2)19-7-3-8(15)14(17)9(16)4-7/h3-6,19H,18H2,1-2H3. The highest BCUT2D eigenvalue weighted by molar-refractivity contribution is 5.76. The number of methoxy groups -OCH3 is 2. The average Bonchev–Trinajstić information content (AvgIpc) is 2.46. The molecule has 0 fully saturated rings. The van der Waals surface area contributed by atoms with Crippen molar-refractivity contribution in [1.82, 2.24) is 0 Å². The van der Waals surface area contributed by atoms with Gasteiger partial charge in [-0.1, -0.05) is 0 Å². The number of halogens is 3. The van der Waals surface area contributed by atoms with E-state index in [0.29, 0.717) is 17.2 Å². The van der Waals surface area contributed by atoms with Crippen LogP contribution in [0.3, 0.4) is 0 Å². The van der Waals surface area contributed by atoms with Crippen LogP contribution in [-0.2, 0) is 0 Å². The van der Waals surface area contributed by atoms with Gasteiger partial charge in [-0.15, -0.1) is 0 Å². The maximum Gasteiger partial charge on any atom is 0.194 e. The monoisotopic (exact) mass is 298 g/mol. The molecule has 0 atom stereocenters. The predicted molar refractivity (Wildman–Crippen MR) is 73.6 cm³/mol. The van der Waals surface area contributed by atoms with Crippen molar-refractivity contribution in [1.29, 1.82) is 0 Å². The molecule has 0 aliphatic carbocycles. The lowest BCUT2D eigenvalue weighted by molar-refractivity contribution is 0.355. The lowest BCUT2D eigenvalue weighted by Gasteiger charge is -2.14. The minimum atomic E-state index is -1.53. The molecule has 112 valence electrons. The van der Waals surface area contributed by atoms with E-state index in [4.69, 9.17) is 15.2 Å². The number of benzene rings is 2. The molecule has 2 aromatic carbocycles. The zero-order valence-electron chi connectivity index (χ0n) is 11.3. The summed E-state index contributed by atoms with van der Waals surface area (Å²) in [6, 6.07) is 4.66. The van der Waals surface area contributed by atoms with Crippen LogP contribution in [0.25, 0.3) is 0 Å². The van der Waals surface area contributed by atoms with Gasteiger partial charge in [-0.05, 0) is 0 Å². The van der Waals surface area contributed by atoms with E-state index < -0.39 is 17.5 Å². The van der Waals surface area contributed by atoms with Gasteiger partial charge >= 0.3 is 0 Å². The Hall–Kier alpha value is -2.57. The van der Waals surface area contributed by atoms with E-state index in [1.165, 1.54) is 26.4 Å². The van der Waals surface area contributed by atoms with E-state index in [1.54, 1.807) is 0 Å². The van der Waals surface area contributed by atoms with Gasteiger partial charge in [0.25, 0.3) is 0 Å². The Morgan fingerprint density at radius 3 is 1.95 bits per heavy atom. The van der Waals surface area contributed by atoms with E-state index in [-0.39, 0.29) is 11.4 Å². The smallest absolute Gasteiger partial charge is 0.194 e. The molecule has 0 heterocycles. The van der Waals surface area contributed by atoms with E-state index in [9.17, 15) is 13.2 Å². The summed E-state index contributed by atoms with van der Waals surface area (Å²) in [6.45, 7) is 0. The molecule has 0 aliphatic rings. The van der Waals surface area contributed by atoms with Crippen LogP contribution in [0, 0.1) is 17.5 Å². The number of hydrogen-bond donors (Lipinski definition) is 2. The first-order chi connectivity index (χ1) is 9.96. The molecule has 4 nitrogen and oxygen atoms in total. The third-order valence-electron chi connectivity index (χ3n) is 2.82. The zero-order chi connectivity index (χ0) is 15.6. The maximum absolute atomic E-state index is 13.2. The lowest BCUT2D eigenvalue weighted by atomic mass is 10.2. The topological polar surface area (TPSA) is 56.5 Å². The Balaban J connectivity index is 2.40. The van der Waals surface area contributed by atoms with Crippen LogP contribution < -0.4 is 20.5 Å². The van der Waals surface area contributed by atoms with Gasteiger partial charge in [0.2, 0.25) is 0 Å². The zero-order valence-corrected chi connectivity index (χ0v) is 11.3. The molecule has 3 N–H and O–H groups in total. The predicted octanol–water partition coefficient (Wildman–Crippen LogP) is 3.45. The van der Waals surface area contributed by atoms with Crippen molar-refractivity contribution >= 4 is 17.1 Å². The van der Waals surface area contributed by atoms with Crippen molar-refractivity contribution in [2.45, 2.75) is 0 Å². The van der Waals surface area contributed by atoms with Crippen LogP contribution >= 0.6 is 0 Å². The van der Waals surface area contributed by atoms with Crippen LogP contribution in [0.1, 0.15) is 0 Å². The van der Waals surface area contributed by atoms with Crippen molar-refractivity contribution in [3.05, 3.63) is 41.7 Å². The summed E-state index contributed by atoms with van der Waals surface area (Å²) in [7, 11) is 2.89. The Kier molecular flexibility index (Phi) is 4.11. The minimum Gasteiger partial charge on any atom is -0.493 e. The Bertz CT molecular complexity index is 655. The van der Waals surface area contributed by atoms with Crippen molar-refractivity contribution in [2.24, 2.45) is 0 Å².